The quantitative estimate of drug-likeness (QED) is 0.184. The topological polar surface area (TPSA) is 71.3 Å². The second-order valence-electron chi connectivity index (χ2n) is 6.88. The van der Waals surface area contributed by atoms with E-state index in [0.29, 0.717) is 29.4 Å². The van der Waals surface area contributed by atoms with E-state index in [1.54, 1.807) is 25.3 Å². The molecule has 0 aliphatic carbocycles. The lowest BCUT2D eigenvalue weighted by Crippen LogP contribution is -2.13. The van der Waals surface area contributed by atoms with E-state index < -0.39 is 5.91 Å². The van der Waals surface area contributed by atoms with Crippen molar-refractivity contribution < 1.29 is 14.3 Å². The van der Waals surface area contributed by atoms with Gasteiger partial charge in [-0.05, 0) is 111 Å². The number of aryl methyl sites for hydroxylation is 1. The standard InChI is InChI=1S/C25H20I2N2O3/c1-16-5-3-4-6-18(16)15-32-24-22(27)12-17(13-23(24)31-2)11-19(14-28)25(30)29-21-9-7-20(26)8-10-21/h3-13H,15H2,1-2H3,(H,29,30)/b19-11+. The lowest BCUT2D eigenvalue weighted by molar-refractivity contribution is -0.112. The highest BCUT2D eigenvalue weighted by Gasteiger charge is 2.14. The van der Waals surface area contributed by atoms with Crippen molar-refractivity contribution in [1.82, 2.24) is 0 Å². The minimum Gasteiger partial charge on any atom is -0.493 e. The van der Waals surface area contributed by atoms with Crippen molar-refractivity contribution in [2.45, 2.75) is 13.5 Å². The van der Waals surface area contributed by atoms with Crippen molar-refractivity contribution in [1.29, 1.82) is 5.26 Å². The van der Waals surface area contributed by atoms with Gasteiger partial charge in [-0.2, -0.15) is 5.26 Å². The Bertz CT molecular complexity index is 1200. The van der Waals surface area contributed by atoms with Crippen molar-refractivity contribution in [2.75, 3.05) is 12.4 Å². The molecule has 0 unspecified atom stereocenters. The van der Waals surface area contributed by atoms with E-state index in [9.17, 15) is 10.1 Å². The molecule has 0 atom stereocenters. The van der Waals surface area contributed by atoms with Gasteiger partial charge in [0, 0.05) is 9.26 Å². The Morgan fingerprint density at radius 1 is 1.12 bits per heavy atom. The molecule has 7 heteroatoms. The molecule has 0 spiro atoms. The second-order valence-corrected chi connectivity index (χ2v) is 9.29. The predicted molar refractivity (Wildman–Crippen MR) is 143 cm³/mol. The smallest absolute Gasteiger partial charge is 0.266 e. The van der Waals surface area contributed by atoms with E-state index in [-0.39, 0.29) is 5.57 Å². The van der Waals surface area contributed by atoms with Gasteiger partial charge >= 0.3 is 0 Å². The van der Waals surface area contributed by atoms with E-state index in [2.05, 4.69) is 50.5 Å². The van der Waals surface area contributed by atoms with Gasteiger partial charge in [0.15, 0.2) is 11.5 Å². The molecule has 0 aromatic heterocycles. The van der Waals surface area contributed by atoms with Crippen molar-refractivity contribution in [3.8, 4) is 17.6 Å². The molecule has 1 N–H and O–H groups in total. The number of nitrogens with zero attached hydrogens (tertiary/aromatic N) is 1. The highest BCUT2D eigenvalue weighted by molar-refractivity contribution is 14.1. The van der Waals surface area contributed by atoms with Gasteiger partial charge in [0.2, 0.25) is 0 Å². The van der Waals surface area contributed by atoms with Gasteiger partial charge in [-0.15, -0.1) is 0 Å². The van der Waals surface area contributed by atoms with E-state index in [4.69, 9.17) is 9.47 Å². The molecular formula is C25H20I2N2O3. The molecule has 3 aromatic carbocycles. The summed E-state index contributed by atoms with van der Waals surface area (Å²) in [5.74, 6) is 0.685. The van der Waals surface area contributed by atoms with Crippen LogP contribution in [0.5, 0.6) is 11.5 Å². The fourth-order valence-electron chi connectivity index (χ4n) is 2.93. The van der Waals surface area contributed by atoms with E-state index in [0.717, 1.165) is 18.3 Å². The zero-order valence-electron chi connectivity index (χ0n) is 17.5. The lowest BCUT2D eigenvalue weighted by Gasteiger charge is -2.15. The number of benzene rings is 3. The molecular weight excluding hydrogens is 630 g/mol. The van der Waals surface area contributed by atoms with Crippen molar-refractivity contribution in [3.05, 3.63) is 90.1 Å². The summed E-state index contributed by atoms with van der Waals surface area (Å²) in [5, 5.41) is 12.3. The number of methoxy groups -OCH3 is 1. The van der Waals surface area contributed by atoms with Gasteiger partial charge < -0.3 is 14.8 Å². The molecule has 1 amide bonds. The third-order valence-electron chi connectivity index (χ3n) is 4.66. The first-order valence-corrected chi connectivity index (χ1v) is 11.8. The van der Waals surface area contributed by atoms with Crippen LogP contribution in [-0.2, 0) is 11.4 Å². The normalized spacial score (nSPS) is 10.9. The molecule has 3 aromatic rings. The van der Waals surface area contributed by atoms with Crippen molar-refractivity contribution in [3.63, 3.8) is 0 Å². The first-order valence-electron chi connectivity index (χ1n) is 9.65. The van der Waals surface area contributed by atoms with Crippen LogP contribution in [0.15, 0.2) is 66.2 Å². The molecule has 0 fully saturated rings. The molecule has 0 heterocycles. The number of rotatable bonds is 7. The Morgan fingerprint density at radius 2 is 1.84 bits per heavy atom. The molecule has 5 nitrogen and oxygen atoms in total. The largest absolute Gasteiger partial charge is 0.493 e. The molecule has 0 saturated carbocycles. The number of hydrogen-bond donors (Lipinski definition) is 1. The first kappa shape index (κ1) is 24.1. The number of anilines is 1. The van der Waals surface area contributed by atoms with Crippen molar-refractivity contribution >= 4 is 62.9 Å². The van der Waals surface area contributed by atoms with Crippen LogP contribution in [0.4, 0.5) is 5.69 Å². The summed E-state index contributed by atoms with van der Waals surface area (Å²) >= 11 is 4.36. The van der Waals surface area contributed by atoms with Gasteiger partial charge in [-0.1, -0.05) is 24.3 Å². The fraction of sp³-hybridized carbons (Fsp3) is 0.120. The van der Waals surface area contributed by atoms with Crippen LogP contribution >= 0.6 is 45.2 Å². The lowest BCUT2D eigenvalue weighted by atomic mass is 10.1. The van der Waals surface area contributed by atoms with Gasteiger partial charge in [0.25, 0.3) is 5.91 Å². The van der Waals surface area contributed by atoms with Crippen LogP contribution in [0.1, 0.15) is 16.7 Å². The highest BCUT2D eigenvalue weighted by Crippen LogP contribution is 2.35. The molecule has 0 radical (unpaired) electrons. The summed E-state index contributed by atoms with van der Waals surface area (Å²) in [6, 6.07) is 21.0. The molecule has 0 saturated heterocycles. The van der Waals surface area contributed by atoms with Crippen LogP contribution < -0.4 is 14.8 Å². The van der Waals surface area contributed by atoms with Crippen LogP contribution in [0, 0.1) is 25.4 Å². The van der Waals surface area contributed by atoms with Crippen LogP contribution in [0.3, 0.4) is 0 Å². The van der Waals surface area contributed by atoms with E-state index in [1.165, 1.54) is 6.08 Å². The average molecular weight is 650 g/mol. The molecule has 3 rings (SSSR count). The summed E-state index contributed by atoms with van der Waals surface area (Å²) in [4.78, 5) is 12.6. The Balaban J connectivity index is 1.82. The van der Waals surface area contributed by atoms with E-state index >= 15 is 0 Å². The third-order valence-corrected chi connectivity index (χ3v) is 6.18. The zero-order chi connectivity index (χ0) is 23.1. The maximum absolute atomic E-state index is 12.6. The summed E-state index contributed by atoms with van der Waals surface area (Å²) < 4.78 is 13.4. The molecule has 32 heavy (non-hydrogen) atoms. The van der Waals surface area contributed by atoms with Gasteiger partial charge in [0.1, 0.15) is 18.2 Å². The second kappa shape index (κ2) is 11.3. The number of amides is 1. The van der Waals surface area contributed by atoms with Crippen LogP contribution in [-0.4, -0.2) is 13.0 Å². The van der Waals surface area contributed by atoms with Gasteiger partial charge in [-0.25, -0.2) is 0 Å². The number of halogens is 2. The minimum atomic E-state index is -0.470. The molecule has 0 bridgehead atoms. The summed E-state index contributed by atoms with van der Waals surface area (Å²) in [6.07, 6.45) is 1.54. The Morgan fingerprint density at radius 3 is 2.50 bits per heavy atom. The summed E-state index contributed by atoms with van der Waals surface area (Å²) in [6.45, 7) is 2.45. The number of ether oxygens (including phenoxy) is 2. The SMILES string of the molecule is COc1cc(/C=C(\C#N)C(=O)Nc2ccc(I)cc2)cc(I)c1OCc1ccccc1C. The Kier molecular flexibility index (Phi) is 8.53. The average Bonchev–Trinajstić information content (AvgIpc) is 2.78. The Labute approximate surface area is 214 Å². The maximum atomic E-state index is 12.6. The van der Waals surface area contributed by atoms with Crippen LogP contribution in [0.25, 0.3) is 6.08 Å². The first-order chi connectivity index (χ1) is 15.4. The summed E-state index contributed by atoms with van der Waals surface area (Å²) in [5.41, 5.74) is 3.54. The molecule has 0 aliphatic rings. The zero-order valence-corrected chi connectivity index (χ0v) is 21.8. The molecule has 0 aliphatic heterocycles. The minimum absolute atomic E-state index is 0.00465. The number of carbonyl (C=O) groups is 1. The maximum Gasteiger partial charge on any atom is 0.266 e. The molecule has 162 valence electrons. The van der Waals surface area contributed by atoms with Crippen LogP contribution in [0.2, 0.25) is 0 Å². The third kappa shape index (κ3) is 6.23. The van der Waals surface area contributed by atoms with Gasteiger partial charge in [0.05, 0.1) is 10.7 Å². The summed E-state index contributed by atoms with van der Waals surface area (Å²) in [7, 11) is 1.56. The number of hydrogen-bond acceptors (Lipinski definition) is 4. The number of nitriles is 1. The Hall–Kier alpha value is -2.58. The highest BCUT2D eigenvalue weighted by atomic mass is 127. The predicted octanol–water partition coefficient (Wildman–Crippen LogP) is 6.34. The number of carbonyl (C=O) groups excluding carboxylic acids is 1. The van der Waals surface area contributed by atoms with E-state index in [1.807, 2.05) is 55.5 Å². The number of nitrogens with one attached hydrogen (secondary N) is 1. The van der Waals surface area contributed by atoms with Gasteiger partial charge in [-0.3, -0.25) is 4.79 Å². The monoisotopic (exact) mass is 650 g/mol. The van der Waals surface area contributed by atoms with Crippen molar-refractivity contribution in [2.24, 2.45) is 0 Å². The fourth-order valence-corrected chi connectivity index (χ4v) is 4.07.